The molecule has 128 heavy (non-hydrogen) atoms. The molecular weight excluding hydrogens is 1680 g/mol. The fourth-order valence-corrected chi connectivity index (χ4v) is 13.2. The summed E-state index contributed by atoms with van der Waals surface area (Å²) in [6, 6.07) is 44.1. The molecule has 9 heterocycles. The van der Waals surface area contributed by atoms with Gasteiger partial charge < -0.3 is 73.4 Å². The van der Waals surface area contributed by atoms with E-state index >= 15 is 0 Å². The van der Waals surface area contributed by atoms with Crippen LogP contribution >= 0.6 is 23.2 Å². The number of benzene rings is 6. The number of esters is 4. The largest absolute Gasteiger partial charge is 0.465 e. The smallest absolute Gasteiger partial charge is 0.340 e. The number of unbranched alkanes of at least 4 members (excludes halogenated alkanes) is 11. The van der Waals surface area contributed by atoms with Crippen molar-refractivity contribution in [3.8, 4) is 68.5 Å². The highest BCUT2D eigenvalue weighted by molar-refractivity contribution is 6.34. The number of aryl methyl sites for hydroxylation is 4. The van der Waals surface area contributed by atoms with Crippen LogP contribution in [-0.4, -0.2) is 171 Å². The molecule has 1 aliphatic heterocycles. The van der Waals surface area contributed by atoms with Gasteiger partial charge in [0.05, 0.1) is 41.2 Å². The third-order valence-corrected chi connectivity index (χ3v) is 20.7. The van der Waals surface area contributed by atoms with Crippen LogP contribution in [-0.2, 0) is 47.5 Å². The number of nitrogens with one attached hydrogen (secondary N) is 8. The van der Waals surface area contributed by atoms with Crippen LogP contribution in [0.2, 0.25) is 10.0 Å². The normalized spacial score (nSPS) is 11.5. The van der Waals surface area contributed by atoms with Crippen LogP contribution in [0.15, 0.2) is 158 Å². The molecule has 0 aliphatic carbocycles. The molecule has 0 amide bonds. The summed E-state index contributed by atoms with van der Waals surface area (Å²) in [5, 5.41) is 43.8. The molecule has 0 bridgehead atoms. The van der Waals surface area contributed by atoms with Gasteiger partial charge in [-0.1, -0.05) is 120 Å². The standard InChI is InChI=1S/C31H46ClN5O3.C29H25N5O8.C17H20ClN5O3.C14H17N5O/c1-3-4-5-6-7-8-9-10-11-12-13-14-15-16-17-18-28(38)40-24-39-23-33-27-21-19-26(20-22-27)30-34-31-29(32)25(2)35-37(31)36-30;1-17-25(42-22-10-5-19(6-11-22)28(35)37-2)27-31-26(33-34(27)32-17)18-3-8-21(9-4-18)30-14-38-15-41-29(36)20-7-12-23-24(13-20)40-16-39-23;1-10(2)17(24)26-9-25-8-19-13-6-4-12(5-7-13)15-20-16-14(18)11(3)21-23(16)22-15;1-3-20-9-15-12-6-4-5-11(8-12)14-16-13-7-10(2)17-19(13)18-14/h10-11,19-22,33,35H,3-9,12-18,23-24H2,1-2H3;3-13,30,32H,14-16H2,1-2H3;4-7,10,19,21H,8-9H2,1-3H3;4-8,15,17H,3,9H2,1-2H3/b11-10+;;;. The number of aromatic amines is 4. The van der Waals surface area contributed by atoms with Gasteiger partial charge in [-0.05, 0) is 194 Å². The average Bonchev–Trinajstić information content (AvgIpc) is 1.64. The van der Waals surface area contributed by atoms with E-state index in [-0.39, 0.29) is 65.2 Å². The topological polar surface area (TPSA) is 402 Å². The Morgan fingerprint density at radius 3 is 1.50 bits per heavy atom. The molecule has 676 valence electrons. The Morgan fingerprint density at radius 2 is 0.953 bits per heavy atom. The van der Waals surface area contributed by atoms with Gasteiger partial charge in [-0.2, -0.15) is 13.9 Å². The number of aromatic nitrogens is 16. The van der Waals surface area contributed by atoms with Crippen molar-refractivity contribution in [1.29, 1.82) is 0 Å². The van der Waals surface area contributed by atoms with Crippen molar-refractivity contribution < 1.29 is 71.3 Å². The predicted octanol–water partition coefficient (Wildman–Crippen LogP) is 18.8. The van der Waals surface area contributed by atoms with Gasteiger partial charge in [0.1, 0.15) is 42.7 Å². The maximum absolute atomic E-state index is 12.2. The van der Waals surface area contributed by atoms with Crippen molar-refractivity contribution in [3.05, 3.63) is 202 Å². The van der Waals surface area contributed by atoms with Crippen molar-refractivity contribution in [2.75, 3.05) is 89.1 Å². The monoisotopic (exact) mass is 1790 g/mol. The summed E-state index contributed by atoms with van der Waals surface area (Å²) >= 11 is 12.4. The zero-order chi connectivity index (χ0) is 90.1. The van der Waals surface area contributed by atoms with Crippen molar-refractivity contribution >= 4 is 92.4 Å². The summed E-state index contributed by atoms with van der Waals surface area (Å²) in [7, 11) is 1.33. The minimum atomic E-state index is -0.526. The van der Waals surface area contributed by atoms with Crippen LogP contribution in [0, 0.1) is 33.6 Å². The highest BCUT2D eigenvalue weighted by Crippen LogP contribution is 2.35. The van der Waals surface area contributed by atoms with Crippen LogP contribution < -0.4 is 35.5 Å². The van der Waals surface area contributed by atoms with E-state index in [9.17, 15) is 19.2 Å². The van der Waals surface area contributed by atoms with Gasteiger partial charge in [-0.15, -0.1) is 25.0 Å². The van der Waals surface area contributed by atoms with Crippen molar-refractivity contribution in [3.63, 3.8) is 0 Å². The third kappa shape index (κ3) is 27.1. The third-order valence-electron chi connectivity index (χ3n) is 19.8. The van der Waals surface area contributed by atoms with Crippen LogP contribution in [0.5, 0.6) is 23.0 Å². The second kappa shape index (κ2) is 47.8. The van der Waals surface area contributed by atoms with Gasteiger partial charge in [0, 0.05) is 69.8 Å². The van der Waals surface area contributed by atoms with Gasteiger partial charge >= 0.3 is 23.9 Å². The number of hydrogen-bond acceptors (Lipinski definition) is 27. The van der Waals surface area contributed by atoms with E-state index in [1.54, 1.807) is 74.8 Å². The molecular formula is C91H108Cl2N20O15. The lowest BCUT2D eigenvalue weighted by Crippen LogP contribution is -2.16. The number of halogens is 2. The van der Waals surface area contributed by atoms with Crippen LogP contribution in [0.25, 0.3) is 68.1 Å². The molecule has 0 fully saturated rings. The Kier molecular flexibility index (Phi) is 35.1. The number of nitrogens with zero attached hydrogens (tertiary/aromatic N) is 12. The first-order valence-corrected chi connectivity index (χ1v) is 43.2. The molecule has 0 atom stereocenters. The lowest BCUT2D eigenvalue weighted by atomic mass is 10.1. The van der Waals surface area contributed by atoms with Gasteiger partial charge in [-0.3, -0.25) is 30.0 Å². The van der Waals surface area contributed by atoms with Crippen molar-refractivity contribution in [2.45, 2.75) is 145 Å². The molecule has 0 saturated heterocycles. The Balaban J connectivity index is 0.000000161. The zero-order valence-electron chi connectivity index (χ0n) is 73.1. The second-order valence-electron chi connectivity index (χ2n) is 30.0. The van der Waals surface area contributed by atoms with E-state index in [4.69, 9.17) is 75.3 Å². The molecule has 0 unspecified atom stereocenters. The summed E-state index contributed by atoms with van der Waals surface area (Å²) in [5.74, 6) is 2.94. The Morgan fingerprint density at radius 1 is 0.469 bits per heavy atom. The van der Waals surface area contributed by atoms with Crippen LogP contribution in [0.4, 0.5) is 22.7 Å². The lowest BCUT2D eigenvalue weighted by Gasteiger charge is -2.09. The zero-order valence-corrected chi connectivity index (χ0v) is 74.6. The summed E-state index contributed by atoms with van der Waals surface area (Å²) in [5.41, 5.74) is 13.8. The lowest BCUT2D eigenvalue weighted by molar-refractivity contribution is -0.159. The number of H-pyrrole nitrogens is 4. The molecule has 0 spiro atoms. The average molecular weight is 1790 g/mol. The van der Waals surface area contributed by atoms with Gasteiger partial charge in [0.15, 0.2) is 77.9 Å². The van der Waals surface area contributed by atoms with E-state index in [1.165, 1.54) is 71.3 Å². The first-order chi connectivity index (χ1) is 62.3. The summed E-state index contributed by atoms with van der Waals surface area (Å²) in [4.78, 5) is 65.2. The first kappa shape index (κ1) is 93.8. The number of hydrogen-bond donors (Lipinski definition) is 8. The highest BCUT2D eigenvalue weighted by atomic mass is 35.5. The number of ether oxygens (including phenoxy) is 11. The van der Waals surface area contributed by atoms with Gasteiger partial charge in [0.2, 0.25) is 12.4 Å². The van der Waals surface area contributed by atoms with E-state index in [0.717, 1.165) is 92.7 Å². The number of carbonyl (C=O) groups excluding carboxylic acids is 4. The number of rotatable bonds is 43. The van der Waals surface area contributed by atoms with Crippen LogP contribution in [0.3, 0.4) is 0 Å². The summed E-state index contributed by atoms with van der Waals surface area (Å²) in [6.45, 7) is 16.9. The molecule has 14 aromatic rings. The minimum absolute atomic E-state index is 0.0557. The van der Waals surface area contributed by atoms with E-state index in [2.05, 4.69) is 101 Å². The number of carbonyl (C=O) groups is 4. The van der Waals surface area contributed by atoms with Gasteiger partial charge in [0.25, 0.3) is 0 Å². The number of methoxy groups -OCH3 is 1. The van der Waals surface area contributed by atoms with E-state index < -0.39 is 11.9 Å². The van der Waals surface area contributed by atoms with Crippen LogP contribution in [0.1, 0.15) is 161 Å². The quantitative estimate of drug-likeness (QED) is 0.00578. The summed E-state index contributed by atoms with van der Waals surface area (Å²) < 4.78 is 64.2. The molecule has 6 aromatic carbocycles. The number of anilines is 4. The molecule has 15 rings (SSSR count). The molecule has 8 N–H and O–H groups in total. The minimum Gasteiger partial charge on any atom is -0.465 e. The molecule has 8 aromatic heterocycles. The molecule has 0 radical (unpaired) electrons. The maximum atomic E-state index is 12.2. The Bertz CT molecular complexity index is 5880. The number of fused-ring (bicyclic) bond motifs is 5. The fraction of sp³-hybridized carbons (Fsp3) is 0.363. The predicted molar refractivity (Wildman–Crippen MR) is 486 cm³/mol. The summed E-state index contributed by atoms with van der Waals surface area (Å²) in [6.07, 6.45) is 21.2. The molecule has 37 heteroatoms. The van der Waals surface area contributed by atoms with Gasteiger partial charge in [-0.25, -0.2) is 29.5 Å². The Labute approximate surface area is 749 Å². The van der Waals surface area contributed by atoms with E-state index in [0.29, 0.717) is 104 Å². The highest BCUT2D eigenvalue weighted by Gasteiger charge is 2.22. The Hall–Kier alpha value is -13.3. The molecule has 35 nitrogen and oxygen atoms in total. The molecule has 0 saturated carbocycles. The maximum Gasteiger partial charge on any atom is 0.340 e. The van der Waals surface area contributed by atoms with E-state index in [1.807, 2.05) is 138 Å². The second-order valence-corrected chi connectivity index (χ2v) is 30.7. The van der Waals surface area contributed by atoms with Crippen molar-refractivity contribution in [2.24, 2.45) is 5.92 Å². The fourth-order valence-electron chi connectivity index (χ4n) is 12.9. The SMILES string of the molecule is CCCCCCCC/C=C/CCCCCCCC(=O)OCOCNc1ccc(-c2nc3c(Cl)c(C)[nH]n3n2)cc1.CCOCNc1cccc(-c2nc3cc(C)[nH]n3n2)c1.COC(=O)c1ccc(Oc2c(C)[nH]n3nc(-c4ccc(NCOCOC(=O)c5ccc6c(c5)OCO6)cc4)nc23)cc1.Cc1[nH]n2nc(-c3ccc(NCOCOC(=O)C(C)C)cc3)nc2c1Cl. The number of allylic oxidation sites excluding steroid dienone is 2. The molecule has 1 aliphatic rings. The first-order valence-electron chi connectivity index (χ1n) is 42.5. The van der Waals surface area contributed by atoms with Crippen molar-refractivity contribution in [1.82, 2.24) is 79.2 Å².